The Morgan fingerprint density at radius 2 is 0.802 bits per heavy atom. The maximum Gasteiger partial charge on any atom is 0.224 e. The lowest BCUT2D eigenvalue weighted by atomic mass is 9.93. The van der Waals surface area contributed by atoms with Gasteiger partial charge in [-0.05, 0) is 228 Å². The van der Waals surface area contributed by atoms with Crippen molar-refractivity contribution in [1.29, 1.82) is 0 Å². The molecule has 0 unspecified atom stereocenters. The Morgan fingerprint density at radius 3 is 1.12 bits per heavy atom. The van der Waals surface area contributed by atoms with Crippen molar-refractivity contribution in [2.75, 3.05) is 16.0 Å². The third kappa shape index (κ3) is 17.6. The van der Waals surface area contributed by atoms with E-state index in [4.69, 9.17) is 15.0 Å². The molecule has 0 aromatic carbocycles. The zero-order valence-electron chi connectivity index (χ0n) is 53.4. The van der Waals surface area contributed by atoms with E-state index in [1.54, 1.807) is 5.57 Å². The minimum Gasteiger partial charge on any atom is -0.393 e. The highest BCUT2D eigenvalue weighted by Gasteiger charge is 2.28. The van der Waals surface area contributed by atoms with Crippen LogP contribution in [0.25, 0.3) is 44.2 Å². The van der Waals surface area contributed by atoms with Crippen LogP contribution in [0.1, 0.15) is 270 Å². The molecule has 6 N–H and O–H groups in total. The van der Waals surface area contributed by atoms with Gasteiger partial charge in [-0.2, -0.15) is 15.0 Å². The smallest absolute Gasteiger partial charge is 0.224 e. The van der Waals surface area contributed by atoms with Crippen LogP contribution in [0.2, 0.25) is 0 Å². The quantitative estimate of drug-likeness (QED) is 0.0475. The number of nitrogens with one attached hydrogen (secondary N) is 3. The van der Waals surface area contributed by atoms with Gasteiger partial charge in [-0.15, -0.1) is 0 Å². The second-order valence-electron chi connectivity index (χ2n) is 26.2. The largest absolute Gasteiger partial charge is 0.393 e. The van der Waals surface area contributed by atoms with Crippen molar-refractivity contribution in [3.63, 3.8) is 0 Å². The van der Waals surface area contributed by atoms with Crippen LogP contribution in [0, 0.1) is 0 Å². The van der Waals surface area contributed by atoms with Gasteiger partial charge in [0.25, 0.3) is 0 Å². The van der Waals surface area contributed by atoms with E-state index in [9.17, 15) is 15.3 Å². The van der Waals surface area contributed by atoms with Gasteiger partial charge in [0, 0.05) is 99.8 Å². The first kappa shape index (κ1) is 65.3. The number of allylic oxidation sites excluding steroid dienone is 6. The van der Waals surface area contributed by atoms with Gasteiger partial charge in [0.1, 0.15) is 16.9 Å². The molecule has 0 amide bonds. The molecule has 3 fully saturated rings. The molecule has 0 aliphatic heterocycles. The molecular formula is C70H105BrN12O3. The zero-order chi connectivity index (χ0) is 60.5. The summed E-state index contributed by atoms with van der Waals surface area (Å²) in [5.41, 5.74) is 10.2. The average Bonchev–Trinajstić information content (AvgIpc) is 2.56. The van der Waals surface area contributed by atoms with Crippen LogP contribution in [0.5, 0.6) is 0 Å². The standard InChI is InChI=1S/2C23H34N4O.C17H25BrN4O.C7H12/c2*1-3-7-16(2)25-23-24-14-20-21(17-8-5-4-6-9-17)15-27(22(20)26-23)18-10-12-19(28)13-11-18;1-3-4-11(2)20-17-19-9-14-15(18)10-22(16(14)21-17)12-5-7-13(23)8-6-12;1-7-5-3-2-4-6-7/h2*8,14-16,18-19,28H,3-7,9-13H2,1-2H3,(H,24,25,26);9-13,23H,3-8H2,1-2H3,(H,19,20,21);5H,2-4,6H2,1H3/t2*16-,18?,19?;11-,12?,13?;/m000./s1. The summed E-state index contributed by atoms with van der Waals surface area (Å²) in [6.07, 6.45) is 52.8. The molecule has 6 aliphatic carbocycles. The van der Waals surface area contributed by atoms with Gasteiger partial charge in [-0.1, -0.05) is 63.8 Å². The Balaban J connectivity index is 0.000000146. The fourth-order valence-corrected chi connectivity index (χ4v) is 14.5. The van der Waals surface area contributed by atoms with E-state index >= 15 is 0 Å². The minimum absolute atomic E-state index is 0.139. The number of rotatable bonds is 17. The molecule has 0 bridgehead atoms. The van der Waals surface area contributed by atoms with Gasteiger partial charge >= 0.3 is 0 Å². The van der Waals surface area contributed by atoms with Crippen LogP contribution >= 0.6 is 15.9 Å². The summed E-state index contributed by atoms with van der Waals surface area (Å²) in [6, 6.07) is 2.35. The maximum absolute atomic E-state index is 9.94. The van der Waals surface area contributed by atoms with Gasteiger partial charge in [0.2, 0.25) is 17.8 Å². The van der Waals surface area contributed by atoms with Crippen molar-refractivity contribution in [3.05, 3.63) is 76.6 Å². The average molecular weight is 1240 g/mol. The second kappa shape index (κ2) is 32.4. The van der Waals surface area contributed by atoms with Crippen LogP contribution in [-0.4, -0.2) is 95.4 Å². The van der Waals surface area contributed by atoms with Crippen LogP contribution < -0.4 is 16.0 Å². The Hall–Kier alpha value is -5.16. The topological polar surface area (TPSA) is 189 Å². The SMILES string of the molecule is CC1=CCCCC1.CCC[C@H](C)Nc1ncc2c(Br)cn(C3CCC(O)CC3)c2n1.CCC[C@H](C)Nc1ncc2c(C3=CCCCC3)cn(C3CCC(O)CC3)c2n1.CCC[C@H](C)Nc1ncc2c(C3=CCCCC3)cn(C3CCC(O)CC3)c2n1. The monoisotopic (exact) mass is 1240 g/mol. The number of aliphatic hydroxyl groups is 3. The molecule has 0 radical (unpaired) electrons. The lowest BCUT2D eigenvalue weighted by Crippen LogP contribution is -2.21. The summed E-state index contributed by atoms with van der Waals surface area (Å²) >= 11 is 3.63. The summed E-state index contributed by atoms with van der Waals surface area (Å²) in [5, 5.41) is 43.3. The molecule has 16 heteroatoms. The molecule has 0 saturated heterocycles. The molecule has 6 aliphatic rings. The first-order chi connectivity index (χ1) is 41.8. The number of halogens is 1. The van der Waals surface area contributed by atoms with Crippen LogP contribution in [0.3, 0.4) is 0 Å². The summed E-state index contributed by atoms with van der Waals surface area (Å²) < 4.78 is 8.04. The van der Waals surface area contributed by atoms with E-state index < -0.39 is 0 Å². The first-order valence-electron chi connectivity index (χ1n) is 33.9. The molecule has 12 rings (SSSR count). The highest BCUT2D eigenvalue weighted by molar-refractivity contribution is 9.10. The molecule has 6 heterocycles. The highest BCUT2D eigenvalue weighted by Crippen LogP contribution is 2.41. The van der Waals surface area contributed by atoms with Crippen molar-refractivity contribution in [1.82, 2.24) is 43.6 Å². The molecule has 3 atom stereocenters. The molecule has 6 aromatic heterocycles. The predicted molar refractivity (Wildman–Crippen MR) is 360 cm³/mol. The summed E-state index contributed by atoms with van der Waals surface area (Å²) in [6.45, 7) is 15.4. The highest BCUT2D eigenvalue weighted by atomic mass is 79.9. The normalized spacial score (nSPS) is 23.7. The number of anilines is 3. The van der Waals surface area contributed by atoms with Gasteiger partial charge in [0.05, 0.1) is 23.7 Å². The van der Waals surface area contributed by atoms with E-state index in [0.717, 1.165) is 167 Å². The van der Waals surface area contributed by atoms with Crippen molar-refractivity contribution >= 4 is 78.0 Å². The van der Waals surface area contributed by atoms with Gasteiger partial charge in [-0.25, -0.2) is 15.0 Å². The van der Waals surface area contributed by atoms with Crippen LogP contribution in [0.4, 0.5) is 17.8 Å². The van der Waals surface area contributed by atoms with E-state index in [0.29, 0.717) is 42.2 Å². The van der Waals surface area contributed by atoms with Gasteiger partial charge in [-0.3, -0.25) is 0 Å². The Labute approximate surface area is 522 Å². The van der Waals surface area contributed by atoms with E-state index in [1.165, 1.54) is 97.3 Å². The fraction of sp³-hybridized carbons (Fsp3) is 0.657. The minimum atomic E-state index is -0.140. The molecule has 3 saturated carbocycles. The van der Waals surface area contributed by atoms with Crippen molar-refractivity contribution in [2.45, 2.75) is 296 Å². The summed E-state index contributed by atoms with van der Waals surface area (Å²) in [7, 11) is 0. The number of aromatic nitrogens is 9. The number of hydrogen-bond donors (Lipinski definition) is 6. The Bertz CT molecular complexity index is 3030. The van der Waals surface area contributed by atoms with E-state index in [1.807, 2.05) is 18.6 Å². The van der Waals surface area contributed by atoms with Crippen molar-refractivity contribution < 1.29 is 15.3 Å². The predicted octanol–water partition coefficient (Wildman–Crippen LogP) is 17.7. The van der Waals surface area contributed by atoms with Crippen molar-refractivity contribution in [2.24, 2.45) is 0 Å². The summed E-state index contributed by atoms with van der Waals surface area (Å²) in [5.74, 6) is 2.15. The Morgan fingerprint density at radius 1 is 0.465 bits per heavy atom. The van der Waals surface area contributed by atoms with Crippen LogP contribution in [0.15, 0.2) is 65.5 Å². The van der Waals surface area contributed by atoms with Gasteiger partial charge in [0.15, 0.2) is 0 Å². The lowest BCUT2D eigenvalue weighted by Gasteiger charge is -2.27. The molecule has 86 heavy (non-hydrogen) atoms. The second-order valence-corrected chi connectivity index (χ2v) is 27.1. The third-order valence-electron chi connectivity index (χ3n) is 18.9. The van der Waals surface area contributed by atoms with Crippen LogP contribution in [-0.2, 0) is 0 Å². The molecule has 0 spiro atoms. The fourth-order valence-electron chi connectivity index (χ4n) is 14.0. The lowest BCUT2D eigenvalue weighted by molar-refractivity contribution is 0.111. The molecule has 470 valence electrons. The number of fused-ring (bicyclic) bond motifs is 3. The molecule has 15 nitrogen and oxygen atoms in total. The first-order valence-corrected chi connectivity index (χ1v) is 34.7. The van der Waals surface area contributed by atoms with Gasteiger partial charge < -0.3 is 45.0 Å². The number of aliphatic hydroxyl groups excluding tert-OH is 3. The van der Waals surface area contributed by atoms with E-state index in [2.05, 4.69) is 146 Å². The van der Waals surface area contributed by atoms with E-state index in [-0.39, 0.29) is 18.3 Å². The number of hydrogen-bond acceptors (Lipinski definition) is 12. The Kier molecular flexibility index (Phi) is 24.6. The zero-order valence-corrected chi connectivity index (χ0v) is 54.9. The third-order valence-corrected chi connectivity index (χ3v) is 19.6. The number of nitrogens with zero attached hydrogens (tertiary/aromatic N) is 9. The molecule has 6 aromatic rings. The van der Waals surface area contributed by atoms with Crippen molar-refractivity contribution in [3.8, 4) is 0 Å². The maximum atomic E-state index is 9.94. The summed E-state index contributed by atoms with van der Waals surface area (Å²) in [4.78, 5) is 28.4. The molecular weight excluding hydrogens is 1140 g/mol.